The summed E-state index contributed by atoms with van der Waals surface area (Å²) in [6.45, 7) is 15.1. The SMILES string of the molecule is CC(=O)O[C@H]1C[C@H]2C(C)(C)[C@H](OC(C)=O)CC[C@]2(C)[C@@H]2[C@@H]1[C@]1(C)CCC(=O)[C@@]1(C)C[C@H]2OC(C)=O. The highest BCUT2D eigenvalue weighted by Gasteiger charge is 2.73. The van der Waals surface area contributed by atoms with Gasteiger partial charge in [0.05, 0.1) is 0 Å². The van der Waals surface area contributed by atoms with Gasteiger partial charge in [0.15, 0.2) is 0 Å². The third-order valence-electron chi connectivity index (χ3n) is 10.9. The molecule has 0 bridgehead atoms. The van der Waals surface area contributed by atoms with Gasteiger partial charge < -0.3 is 14.2 Å². The minimum absolute atomic E-state index is 0.0711. The second-order valence-electron chi connectivity index (χ2n) is 13.0. The van der Waals surface area contributed by atoms with Crippen molar-refractivity contribution < 1.29 is 33.4 Å². The number of hydrogen-bond donors (Lipinski definition) is 0. The van der Waals surface area contributed by atoms with Crippen LogP contribution in [0.5, 0.6) is 0 Å². The van der Waals surface area contributed by atoms with Crippen LogP contribution in [0.1, 0.15) is 93.9 Å². The minimum atomic E-state index is -0.639. The van der Waals surface area contributed by atoms with Crippen molar-refractivity contribution in [1.29, 1.82) is 0 Å². The number of Topliss-reactive ketones (excluding diaryl/α,β-unsaturated/α-hetero) is 1. The molecular weight excluding hydrogens is 448 g/mol. The molecule has 0 heterocycles. The standard InChI is InChI=1S/C28H42O7/c1-15(29)33-18-13-20-25(4,5)22(35-17(3)31)10-11-26(20,6)23-19(34-16(2)30)14-28(8)21(32)9-12-27(28,7)24(18)23/h18-20,22-24H,9-14H2,1-8H3/t18-,19+,20-,22+,23-,24+,26-,27-,28+/m0/s1. The van der Waals surface area contributed by atoms with Crippen LogP contribution >= 0.6 is 0 Å². The van der Waals surface area contributed by atoms with Gasteiger partial charge in [-0.15, -0.1) is 0 Å². The quantitative estimate of drug-likeness (QED) is 0.420. The van der Waals surface area contributed by atoms with Crippen LogP contribution < -0.4 is 0 Å². The van der Waals surface area contributed by atoms with E-state index in [9.17, 15) is 19.2 Å². The molecule has 0 N–H and O–H groups in total. The van der Waals surface area contributed by atoms with Gasteiger partial charge in [-0.05, 0) is 48.9 Å². The van der Waals surface area contributed by atoms with Gasteiger partial charge in [0.25, 0.3) is 0 Å². The summed E-state index contributed by atoms with van der Waals surface area (Å²) in [4.78, 5) is 49.9. The maximum absolute atomic E-state index is 13.3. The molecule has 4 rings (SSSR count). The van der Waals surface area contributed by atoms with Crippen molar-refractivity contribution in [1.82, 2.24) is 0 Å². The van der Waals surface area contributed by atoms with E-state index >= 15 is 0 Å². The van der Waals surface area contributed by atoms with Crippen LogP contribution in [-0.2, 0) is 33.4 Å². The summed E-state index contributed by atoms with van der Waals surface area (Å²) in [6.07, 6.45) is 2.82. The first-order valence-corrected chi connectivity index (χ1v) is 13.1. The van der Waals surface area contributed by atoms with E-state index in [1.54, 1.807) is 0 Å². The highest BCUT2D eigenvalue weighted by atomic mass is 16.6. The molecule has 7 nitrogen and oxygen atoms in total. The van der Waals surface area contributed by atoms with Crippen molar-refractivity contribution >= 4 is 23.7 Å². The summed E-state index contributed by atoms with van der Waals surface area (Å²) in [5.41, 5.74) is -1.61. The van der Waals surface area contributed by atoms with Crippen molar-refractivity contribution in [2.75, 3.05) is 0 Å². The van der Waals surface area contributed by atoms with E-state index in [2.05, 4.69) is 27.7 Å². The van der Waals surface area contributed by atoms with E-state index in [0.717, 1.165) is 19.3 Å². The van der Waals surface area contributed by atoms with Crippen LogP contribution in [0, 0.1) is 39.4 Å². The van der Waals surface area contributed by atoms with Gasteiger partial charge in [-0.2, -0.15) is 0 Å². The fourth-order valence-corrected chi connectivity index (χ4v) is 9.25. The molecule has 0 unspecified atom stereocenters. The zero-order valence-corrected chi connectivity index (χ0v) is 22.6. The first kappa shape index (κ1) is 26.2. The number of hydrogen-bond acceptors (Lipinski definition) is 7. The molecule has 0 spiro atoms. The van der Waals surface area contributed by atoms with Gasteiger partial charge in [-0.3, -0.25) is 19.2 Å². The van der Waals surface area contributed by atoms with Gasteiger partial charge in [-0.1, -0.05) is 34.6 Å². The summed E-state index contributed by atoms with van der Waals surface area (Å²) in [5, 5.41) is 0. The average molecular weight is 491 g/mol. The molecule has 9 atom stereocenters. The molecule has 4 fully saturated rings. The number of rotatable bonds is 3. The number of ketones is 1. The number of carbonyl (C=O) groups is 4. The number of ether oxygens (including phenoxy) is 3. The van der Waals surface area contributed by atoms with Crippen LogP contribution in [0.2, 0.25) is 0 Å². The van der Waals surface area contributed by atoms with E-state index in [4.69, 9.17) is 14.2 Å². The molecule has 0 amide bonds. The topological polar surface area (TPSA) is 96.0 Å². The molecule has 0 saturated heterocycles. The summed E-state index contributed by atoms with van der Waals surface area (Å²) in [7, 11) is 0. The largest absolute Gasteiger partial charge is 0.462 e. The maximum Gasteiger partial charge on any atom is 0.302 e. The Kier molecular flexibility index (Phi) is 6.21. The van der Waals surface area contributed by atoms with Gasteiger partial charge in [0.2, 0.25) is 0 Å². The van der Waals surface area contributed by atoms with Crippen LogP contribution in [0.15, 0.2) is 0 Å². The smallest absolute Gasteiger partial charge is 0.302 e. The molecule has 0 aromatic rings. The van der Waals surface area contributed by atoms with Gasteiger partial charge in [-0.25, -0.2) is 0 Å². The zero-order chi connectivity index (χ0) is 26.1. The summed E-state index contributed by atoms with van der Waals surface area (Å²) in [5.74, 6) is -0.884. The maximum atomic E-state index is 13.3. The molecule has 196 valence electrons. The first-order valence-electron chi connectivity index (χ1n) is 13.1. The van der Waals surface area contributed by atoms with Crippen LogP contribution in [-0.4, -0.2) is 42.0 Å². The van der Waals surface area contributed by atoms with Crippen molar-refractivity contribution in [3.05, 3.63) is 0 Å². The van der Waals surface area contributed by atoms with Gasteiger partial charge >= 0.3 is 17.9 Å². The Hall–Kier alpha value is -1.92. The summed E-state index contributed by atoms with van der Waals surface area (Å²) >= 11 is 0. The van der Waals surface area contributed by atoms with Crippen LogP contribution in [0.3, 0.4) is 0 Å². The molecule has 35 heavy (non-hydrogen) atoms. The van der Waals surface area contributed by atoms with E-state index in [-0.39, 0.29) is 63.8 Å². The fourth-order valence-electron chi connectivity index (χ4n) is 9.25. The number of carbonyl (C=O) groups excluding carboxylic acids is 4. The lowest BCUT2D eigenvalue weighted by Gasteiger charge is -2.68. The fraction of sp³-hybridized carbons (Fsp3) is 0.857. The highest BCUT2D eigenvalue weighted by Crippen LogP contribution is 2.73. The normalized spacial score (nSPS) is 46.0. The molecule has 0 radical (unpaired) electrons. The van der Waals surface area contributed by atoms with Crippen molar-refractivity contribution in [2.24, 2.45) is 39.4 Å². The Labute approximate surface area is 209 Å². The highest BCUT2D eigenvalue weighted by molar-refractivity contribution is 5.88. The monoisotopic (exact) mass is 490 g/mol. The second-order valence-corrected chi connectivity index (χ2v) is 13.0. The molecule has 0 aromatic heterocycles. The third kappa shape index (κ3) is 3.74. The Bertz CT molecular complexity index is 940. The van der Waals surface area contributed by atoms with Crippen LogP contribution in [0.25, 0.3) is 0 Å². The predicted octanol–water partition coefficient (Wildman–Crippen LogP) is 4.64. The Morgan fingerprint density at radius 1 is 0.800 bits per heavy atom. The first-order chi connectivity index (χ1) is 16.1. The number of esters is 3. The molecule has 7 heteroatoms. The lowest BCUT2D eigenvalue weighted by molar-refractivity contribution is -0.264. The third-order valence-corrected chi connectivity index (χ3v) is 10.9. The molecule has 4 saturated carbocycles. The van der Waals surface area contributed by atoms with Crippen molar-refractivity contribution in [2.45, 2.75) is 112 Å². The zero-order valence-electron chi connectivity index (χ0n) is 22.6. The van der Waals surface area contributed by atoms with Gasteiger partial charge in [0.1, 0.15) is 24.1 Å². The Morgan fingerprint density at radius 3 is 1.94 bits per heavy atom. The van der Waals surface area contributed by atoms with E-state index in [0.29, 0.717) is 19.3 Å². The predicted molar refractivity (Wildman–Crippen MR) is 128 cm³/mol. The van der Waals surface area contributed by atoms with E-state index < -0.39 is 17.6 Å². The van der Waals surface area contributed by atoms with Crippen molar-refractivity contribution in [3.63, 3.8) is 0 Å². The summed E-state index contributed by atoms with van der Waals surface area (Å²) in [6, 6.07) is 0. The van der Waals surface area contributed by atoms with E-state index in [1.807, 2.05) is 6.92 Å². The Morgan fingerprint density at radius 2 is 1.37 bits per heavy atom. The molecule has 4 aliphatic rings. The number of fused-ring (bicyclic) bond motifs is 5. The van der Waals surface area contributed by atoms with Gasteiger partial charge in [0, 0.05) is 49.9 Å². The molecule has 0 aliphatic heterocycles. The summed E-state index contributed by atoms with van der Waals surface area (Å²) < 4.78 is 17.9. The molecular formula is C28H42O7. The van der Waals surface area contributed by atoms with Crippen LogP contribution in [0.4, 0.5) is 0 Å². The Balaban J connectivity index is 1.88. The lowest BCUT2D eigenvalue weighted by atomic mass is 9.37. The molecule has 4 aliphatic carbocycles. The molecule has 0 aromatic carbocycles. The average Bonchev–Trinajstić information content (AvgIpc) is 2.94. The van der Waals surface area contributed by atoms with E-state index in [1.165, 1.54) is 20.8 Å². The second kappa shape index (κ2) is 8.31. The lowest BCUT2D eigenvalue weighted by Crippen LogP contribution is -2.69. The minimum Gasteiger partial charge on any atom is -0.462 e. The van der Waals surface area contributed by atoms with Crippen molar-refractivity contribution in [3.8, 4) is 0 Å².